The first kappa shape index (κ1) is 9.87. The van der Waals surface area contributed by atoms with Crippen LogP contribution in [0.3, 0.4) is 0 Å². The predicted octanol–water partition coefficient (Wildman–Crippen LogP) is -0.428. The van der Waals surface area contributed by atoms with E-state index in [4.69, 9.17) is 0 Å². The molecule has 5 heteroatoms. The number of hydrogen-bond donors (Lipinski definition) is 1. The molecule has 4 nitrogen and oxygen atoms in total. The highest BCUT2D eigenvalue weighted by Gasteiger charge is 2.04. The molecule has 0 fully saturated rings. The Kier molecular flexibility index (Phi) is 4.59. The van der Waals surface area contributed by atoms with E-state index in [1.54, 1.807) is 6.92 Å². The summed E-state index contributed by atoms with van der Waals surface area (Å²) in [6.07, 6.45) is 0. The summed E-state index contributed by atoms with van der Waals surface area (Å²) in [5.74, 6) is 0.329. The Morgan fingerprint density at radius 3 is 2.50 bits per heavy atom. The molecule has 0 heterocycles. The lowest BCUT2D eigenvalue weighted by molar-refractivity contribution is 0.0967. The minimum atomic E-state index is -2.83. The highest BCUT2D eigenvalue weighted by molar-refractivity contribution is 7.91. The lowest BCUT2D eigenvalue weighted by atomic mass is 10.8. The van der Waals surface area contributed by atoms with Crippen molar-refractivity contribution in [3.63, 3.8) is 0 Å². The molecule has 10 heavy (non-hydrogen) atoms. The summed E-state index contributed by atoms with van der Waals surface area (Å²) in [5, 5.41) is 0. The van der Waals surface area contributed by atoms with Crippen LogP contribution in [0.2, 0.25) is 0 Å². The third-order valence-corrected chi connectivity index (χ3v) is 2.81. The highest BCUT2D eigenvalue weighted by atomic mass is 32.2. The molecule has 0 aromatic heterocycles. The molecule has 0 amide bonds. The van der Waals surface area contributed by atoms with Crippen LogP contribution in [-0.2, 0) is 14.7 Å². The second-order valence-corrected chi connectivity index (χ2v) is 4.31. The minimum Gasteiger partial charge on any atom is -0.305 e. The SMILES string of the molecule is CCS(=O)(=O)CCNOC. The number of rotatable bonds is 5. The van der Waals surface area contributed by atoms with Gasteiger partial charge in [-0.25, -0.2) is 13.9 Å². The molecule has 0 radical (unpaired) electrons. The zero-order valence-corrected chi connectivity index (χ0v) is 7.07. The van der Waals surface area contributed by atoms with Crippen molar-refractivity contribution >= 4 is 9.84 Å². The van der Waals surface area contributed by atoms with Gasteiger partial charge in [-0.3, -0.25) is 0 Å². The molecule has 0 bridgehead atoms. The maximum atomic E-state index is 10.8. The molecule has 0 aliphatic rings. The van der Waals surface area contributed by atoms with E-state index >= 15 is 0 Å². The van der Waals surface area contributed by atoms with E-state index < -0.39 is 9.84 Å². The second-order valence-electron chi connectivity index (χ2n) is 1.83. The summed E-state index contributed by atoms with van der Waals surface area (Å²) in [6, 6.07) is 0. The van der Waals surface area contributed by atoms with Crippen molar-refractivity contribution in [2.45, 2.75) is 6.92 Å². The van der Waals surface area contributed by atoms with Crippen LogP contribution < -0.4 is 5.48 Å². The molecule has 0 rings (SSSR count). The maximum Gasteiger partial charge on any atom is 0.151 e. The molecule has 0 aromatic carbocycles. The zero-order chi connectivity index (χ0) is 8.04. The fourth-order valence-electron chi connectivity index (χ4n) is 0.444. The van der Waals surface area contributed by atoms with Crippen LogP contribution >= 0.6 is 0 Å². The van der Waals surface area contributed by atoms with Crippen molar-refractivity contribution in [1.82, 2.24) is 5.48 Å². The Balaban J connectivity index is 3.49. The van der Waals surface area contributed by atoms with Crippen molar-refractivity contribution in [2.75, 3.05) is 25.2 Å². The smallest absolute Gasteiger partial charge is 0.151 e. The number of hydrogen-bond acceptors (Lipinski definition) is 4. The van der Waals surface area contributed by atoms with E-state index in [0.29, 0.717) is 6.54 Å². The van der Waals surface area contributed by atoms with Gasteiger partial charge >= 0.3 is 0 Å². The number of nitrogens with one attached hydrogen (secondary N) is 1. The fourth-order valence-corrected chi connectivity index (χ4v) is 1.13. The fraction of sp³-hybridized carbons (Fsp3) is 1.00. The van der Waals surface area contributed by atoms with E-state index in [1.807, 2.05) is 0 Å². The molecule has 0 aliphatic carbocycles. The van der Waals surface area contributed by atoms with Gasteiger partial charge in [0.05, 0.1) is 12.9 Å². The summed E-state index contributed by atoms with van der Waals surface area (Å²) in [4.78, 5) is 4.47. The van der Waals surface area contributed by atoms with Crippen LogP contribution in [0.5, 0.6) is 0 Å². The van der Waals surface area contributed by atoms with Gasteiger partial charge in [0, 0.05) is 12.3 Å². The largest absolute Gasteiger partial charge is 0.305 e. The Morgan fingerprint density at radius 2 is 2.10 bits per heavy atom. The van der Waals surface area contributed by atoms with Crippen LogP contribution in [-0.4, -0.2) is 33.6 Å². The zero-order valence-electron chi connectivity index (χ0n) is 6.25. The Morgan fingerprint density at radius 1 is 1.50 bits per heavy atom. The standard InChI is InChI=1S/C5H13NO3S/c1-3-10(7,8)5-4-6-9-2/h6H,3-5H2,1-2H3. The summed E-state index contributed by atoms with van der Waals surface area (Å²) < 4.78 is 21.6. The predicted molar refractivity (Wildman–Crippen MR) is 39.3 cm³/mol. The third-order valence-electron chi connectivity index (χ3n) is 1.10. The van der Waals surface area contributed by atoms with Gasteiger partial charge in [-0.15, -0.1) is 0 Å². The van der Waals surface area contributed by atoms with Gasteiger partial charge in [0.1, 0.15) is 0 Å². The summed E-state index contributed by atoms with van der Waals surface area (Å²) in [6.45, 7) is 1.98. The summed E-state index contributed by atoms with van der Waals surface area (Å²) in [7, 11) is -1.38. The van der Waals surface area contributed by atoms with E-state index in [0.717, 1.165) is 0 Å². The number of sulfone groups is 1. The van der Waals surface area contributed by atoms with Gasteiger partial charge < -0.3 is 4.84 Å². The molecule has 0 unspecified atom stereocenters. The lowest BCUT2D eigenvalue weighted by Gasteiger charge is -2.00. The first-order chi connectivity index (χ1) is 4.62. The molecule has 0 spiro atoms. The Hall–Kier alpha value is -0.130. The van der Waals surface area contributed by atoms with Gasteiger partial charge in [0.2, 0.25) is 0 Å². The van der Waals surface area contributed by atoms with Gasteiger partial charge in [-0.1, -0.05) is 6.92 Å². The molecular weight excluding hydrogens is 154 g/mol. The van der Waals surface area contributed by atoms with Crippen molar-refractivity contribution in [3.8, 4) is 0 Å². The molecule has 0 atom stereocenters. The van der Waals surface area contributed by atoms with Gasteiger partial charge in [0.15, 0.2) is 9.84 Å². The van der Waals surface area contributed by atoms with E-state index in [9.17, 15) is 8.42 Å². The van der Waals surface area contributed by atoms with Crippen molar-refractivity contribution in [1.29, 1.82) is 0 Å². The first-order valence-electron chi connectivity index (χ1n) is 3.08. The minimum absolute atomic E-state index is 0.136. The van der Waals surface area contributed by atoms with E-state index in [1.165, 1.54) is 7.11 Å². The van der Waals surface area contributed by atoms with Crippen molar-refractivity contribution in [2.24, 2.45) is 0 Å². The van der Waals surface area contributed by atoms with Crippen LogP contribution in [0.1, 0.15) is 6.92 Å². The molecule has 0 saturated heterocycles. The van der Waals surface area contributed by atoms with Crippen LogP contribution in [0, 0.1) is 0 Å². The Labute approximate surface area is 61.4 Å². The van der Waals surface area contributed by atoms with Gasteiger partial charge in [-0.05, 0) is 0 Å². The van der Waals surface area contributed by atoms with E-state index in [-0.39, 0.29) is 11.5 Å². The monoisotopic (exact) mass is 167 g/mol. The first-order valence-corrected chi connectivity index (χ1v) is 4.91. The summed E-state index contributed by atoms with van der Waals surface area (Å²) >= 11 is 0. The quantitative estimate of drug-likeness (QED) is 0.446. The van der Waals surface area contributed by atoms with Crippen molar-refractivity contribution in [3.05, 3.63) is 0 Å². The molecular formula is C5H13NO3S. The summed E-state index contributed by atoms with van der Waals surface area (Å²) in [5.41, 5.74) is 2.46. The lowest BCUT2D eigenvalue weighted by Crippen LogP contribution is -2.22. The van der Waals surface area contributed by atoms with Gasteiger partial charge in [-0.2, -0.15) is 0 Å². The second kappa shape index (κ2) is 4.65. The van der Waals surface area contributed by atoms with Crippen LogP contribution in [0.4, 0.5) is 0 Å². The van der Waals surface area contributed by atoms with E-state index in [2.05, 4.69) is 10.3 Å². The molecule has 62 valence electrons. The number of hydroxylamine groups is 1. The van der Waals surface area contributed by atoms with Crippen molar-refractivity contribution < 1.29 is 13.3 Å². The molecule has 0 aliphatic heterocycles. The molecule has 0 aromatic rings. The average molecular weight is 167 g/mol. The average Bonchev–Trinajstić information content (AvgIpc) is 1.89. The molecule has 1 N–H and O–H groups in total. The maximum absolute atomic E-state index is 10.8. The topological polar surface area (TPSA) is 55.4 Å². The highest BCUT2D eigenvalue weighted by Crippen LogP contribution is 1.86. The van der Waals surface area contributed by atoms with Gasteiger partial charge in [0.25, 0.3) is 0 Å². The van der Waals surface area contributed by atoms with Crippen LogP contribution in [0.25, 0.3) is 0 Å². The Bertz CT molecular complexity index is 164. The normalized spacial score (nSPS) is 11.8. The molecule has 0 saturated carbocycles. The van der Waals surface area contributed by atoms with Crippen LogP contribution in [0.15, 0.2) is 0 Å². The third kappa shape index (κ3) is 4.72.